The maximum absolute atomic E-state index is 12.4. The summed E-state index contributed by atoms with van der Waals surface area (Å²) in [5, 5.41) is 3.46. The summed E-state index contributed by atoms with van der Waals surface area (Å²) < 4.78 is 11.4. The van der Waals surface area contributed by atoms with E-state index < -0.39 is 0 Å². The van der Waals surface area contributed by atoms with Crippen molar-refractivity contribution in [2.24, 2.45) is 0 Å². The molecule has 4 nitrogen and oxygen atoms in total. The standard InChI is InChI=1S/C22H27NO3/c1-3-4-5-8-13-26-21-12-11-16(14-22(21)25-2)19-15-20(24)17-9-6-7-10-18(17)23-19/h6-7,9-12,14,19,23H,3-5,8,13,15H2,1-2H3. The number of fused-ring (bicyclic) bond motifs is 1. The number of nitrogens with one attached hydrogen (secondary N) is 1. The van der Waals surface area contributed by atoms with Crippen molar-refractivity contribution in [2.45, 2.75) is 45.1 Å². The minimum Gasteiger partial charge on any atom is -0.493 e. The van der Waals surface area contributed by atoms with Gasteiger partial charge in [0, 0.05) is 17.7 Å². The van der Waals surface area contributed by atoms with Gasteiger partial charge >= 0.3 is 0 Å². The van der Waals surface area contributed by atoms with Crippen molar-refractivity contribution in [1.82, 2.24) is 0 Å². The molecule has 1 aliphatic rings. The molecule has 1 heterocycles. The fraction of sp³-hybridized carbons (Fsp3) is 0.409. The lowest BCUT2D eigenvalue weighted by atomic mass is 9.92. The Morgan fingerprint density at radius 2 is 1.92 bits per heavy atom. The van der Waals surface area contributed by atoms with Gasteiger partial charge in [-0.3, -0.25) is 4.79 Å². The van der Waals surface area contributed by atoms with Crippen molar-refractivity contribution in [1.29, 1.82) is 0 Å². The highest BCUT2D eigenvalue weighted by molar-refractivity contribution is 6.03. The second-order valence-corrected chi connectivity index (χ2v) is 6.69. The molecule has 1 atom stereocenters. The molecule has 2 aromatic rings. The van der Waals surface area contributed by atoms with Crippen molar-refractivity contribution < 1.29 is 14.3 Å². The number of Topliss-reactive ketones (excluding diaryl/α,β-unsaturated/α-hetero) is 1. The molecule has 138 valence electrons. The van der Waals surface area contributed by atoms with Crippen molar-refractivity contribution in [3.8, 4) is 11.5 Å². The fourth-order valence-corrected chi connectivity index (χ4v) is 3.32. The number of methoxy groups -OCH3 is 1. The number of anilines is 1. The van der Waals surface area contributed by atoms with Gasteiger partial charge in [0.1, 0.15) is 0 Å². The van der Waals surface area contributed by atoms with E-state index in [1.807, 2.05) is 42.5 Å². The van der Waals surface area contributed by atoms with Crippen LogP contribution in [-0.2, 0) is 0 Å². The molecule has 0 saturated heterocycles. The highest BCUT2D eigenvalue weighted by atomic mass is 16.5. The van der Waals surface area contributed by atoms with Crippen molar-refractivity contribution in [2.75, 3.05) is 19.0 Å². The van der Waals surface area contributed by atoms with E-state index in [2.05, 4.69) is 12.2 Å². The third-order valence-corrected chi connectivity index (χ3v) is 4.79. The first-order chi connectivity index (χ1) is 12.7. The molecule has 1 aliphatic heterocycles. The molecule has 4 heteroatoms. The van der Waals surface area contributed by atoms with E-state index in [1.165, 1.54) is 19.3 Å². The molecule has 0 bridgehead atoms. The number of ether oxygens (including phenoxy) is 2. The Balaban J connectivity index is 1.70. The molecule has 0 fully saturated rings. The summed E-state index contributed by atoms with van der Waals surface area (Å²) in [6.07, 6.45) is 5.13. The lowest BCUT2D eigenvalue weighted by molar-refractivity contribution is 0.0972. The first kappa shape index (κ1) is 18.3. The van der Waals surface area contributed by atoms with Crippen LogP contribution in [0.4, 0.5) is 5.69 Å². The minimum atomic E-state index is -0.0510. The van der Waals surface area contributed by atoms with Gasteiger partial charge in [0.05, 0.1) is 19.8 Å². The zero-order chi connectivity index (χ0) is 18.4. The molecular formula is C22H27NO3. The predicted molar refractivity (Wildman–Crippen MR) is 104 cm³/mol. The van der Waals surface area contributed by atoms with Gasteiger partial charge in [-0.2, -0.15) is 0 Å². The normalized spacial score (nSPS) is 15.9. The van der Waals surface area contributed by atoms with E-state index in [0.717, 1.165) is 29.0 Å². The number of rotatable bonds is 8. The lowest BCUT2D eigenvalue weighted by Crippen LogP contribution is -2.22. The van der Waals surface area contributed by atoms with Crippen LogP contribution in [0.5, 0.6) is 11.5 Å². The van der Waals surface area contributed by atoms with Crippen LogP contribution < -0.4 is 14.8 Å². The Labute approximate surface area is 155 Å². The summed E-state index contributed by atoms with van der Waals surface area (Å²) in [6, 6.07) is 13.5. The number of hydrogen-bond donors (Lipinski definition) is 1. The SMILES string of the molecule is CCCCCCOc1ccc(C2CC(=O)c3ccccc3N2)cc1OC. The Hall–Kier alpha value is -2.49. The number of ketones is 1. The topological polar surface area (TPSA) is 47.6 Å². The van der Waals surface area contributed by atoms with Gasteiger partial charge in [-0.15, -0.1) is 0 Å². The van der Waals surface area contributed by atoms with Gasteiger partial charge in [0.25, 0.3) is 0 Å². The minimum absolute atomic E-state index is 0.0510. The van der Waals surface area contributed by atoms with Crippen molar-refractivity contribution >= 4 is 11.5 Å². The number of carbonyl (C=O) groups excluding carboxylic acids is 1. The largest absolute Gasteiger partial charge is 0.493 e. The van der Waals surface area contributed by atoms with E-state index in [-0.39, 0.29) is 11.8 Å². The molecule has 1 N–H and O–H groups in total. The highest BCUT2D eigenvalue weighted by Crippen LogP contribution is 2.36. The molecule has 1 unspecified atom stereocenters. The average Bonchev–Trinajstić information content (AvgIpc) is 2.68. The van der Waals surface area contributed by atoms with Gasteiger partial charge in [-0.1, -0.05) is 44.4 Å². The number of benzene rings is 2. The molecule has 2 aromatic carbocycles. The summed E-state index contributed by atoms with van der Waals surface area (Å²) in [5.74, 6) is 1.64. The number of para-hydroxylation sites is 1. The molecule has 0 amide bonds. The van der Waals surface area contributed by atoms with Crippen LogP contribution in [0.15, 0.2) is 42.5 Å². The summed E-state index contributed by atoms with van der Waals surface area (Å²) in [7, 11) is 1.65. The highest BCUT2D eigenvalue weighted by Gasteiger charge is 2.25. The summed E-state index contributed by atoms with van der Waals surface area (Å²) >= 11 is 0. The van der Waals surface area contributed by atoms with E-state index >= 15 is 0 Å². The Morgan fingerprint density at radius 1 is 1.08 bits per heavy atom. The molecule has 0 radical (unpaired) electrons. The molecule has 0 spiro atoms. The molecule has 0 aromatic heterocycles. The van der Waals surface area contributed by atoms with E-state index in [1.54, 1.807) is 7.11 Å². The van der Waals surface area contributed by atoms with Crippen molar-refractivity contribution in [3.63, 3.8) is 0 Å². The maximum Gasteiger partial charge on any atom is 0.167 e. The van der Waals surface area contributed by atoms with Crippen LogP contribution in [0, 0.1) is 0 Å². The molecule has 0 saturated carbocycles. The second kappa shape index (κ2) is 8.75. The lowest BCUT2D eigenvalue weighted by Gasteiger charge is -2.27. The summed E-state index contributed by atoms with van der Waals surface area (Å²) in [5.41, 5.74) is 2.69. The predicted octanol–water partition coefficient (Wildman–Crippen LogP) is 5.39. The monoisotopic (exact) mass is 353 g/mol. The van der Waals surface area contributed by atoms with Gasteiger partial charge in [-0.05, 0) is 36.2 Å². The van der Waals surface area contributed by atoms with Crippen LogP contribution in [0.1, 0.15) is 61.0 Å². The summed E-state index contributed by atoms with van der Waals surface area (Å²) in [4.78, 5) is 12.4. The third-order valence-electron chi connectivity index (χ3n) is 4.79. The van der Waals surface area contributed by atoms with Crippen LogP contribution in [0.25, 0.3) is 0 Å². The molecule has 26 heavy (non-hydrogen) atoms. The van der Waals surface area contributed by atoms with Crippen LogP contribution in [0.3, 0.4) is 0 Å². The Bertz CT molecular complexity index is 757. The average molecular weight is 353 g/mol. The zero-order valence-electron chi connectivity index (χ0n) is 15.6. The number of carbonyl (C=O) groups is 1. The van der Waals surface area contributed by atoms with Crippen LogP contribution in [-0.4, -0.2) is 19.5 Å². The second-order valence-electron chi connectivity index (χ2n) is 6.69. The first-order valence-corrected chi connectivity index (χ1v) is 9.42. The maximum atomic E-state index is 12.4. The van der Waals surface area contributed by atoms with Gasteiger partial charge < -0.3 is 14.8 Å². The fourth-order valence-electron chi connectivity index (χ4n) is 3.32. The molecular weight excluding hydrogens is 326 g/mol. The third kappa shape index (κ3) is 4.18. The molecule has 0 aliphatic carbocycles. The quantitative estimate of drug-likeness (QED) is 0.646. The number of unbranched alkanes of at least 4 members (excludes halogenated alkanes) is 3. The first-order valence-electron chi connectivity index (χ1n) is 9.42. The van der Waals surface area contributed by atoms with Gasteiger partial charge in [0.15, 0.2) is 17.3 Å². The Morgan fingerprint density at radius 3 is 2.73 bits per heavy atom. The summed E-state index contributed by atoms with van der Waals surface area (Å²) in [6.45, 7) is 2.90. The Kier molecular flexibility index (Phi) is 6.16. The van der Waals surface area contributed by atoms with Crippen molar-refractivity contribution in [3.05, 3.63) is 53.6 Å². The van der Waals surface area contributed by atoms with E-state index in [0.29, 0.717) is 18.8 Å². The van der Waals surface area contributed by atoms with Crippen LogP contribution >= 0.6 is 0 Å². The van der Waals surface area contributed by atoms with E-state index in [9.17, 15) is 4.79 Å². The number of hydrogen-bond acceptors (Lipinski definition) is 4. The zero-order valence-corrected chi connectivity index (χ0v) is 15.6. The van der Waals surface area contributed by atoms with E-state index in [4.69, 9.17) is 9.47 Å². The van der Waals surface area contributed by atoms with Gasteiger partial charge in [0.2, 0.25) is 0 Å². The van der Waals surface area contributed by atoms with Gasteiger partial charge in [-0.25, -0.2) is 0 Å². The van der Waals surface area contributed by atoms with Crippen LogP contribution in [0.2, 0.25) is 0 Å². The smallest absolute Gasteiger partial charge is 0.167 e. The molecule has 3 rings (SSSR count).